The van der Waals surface area contributed by atoms with Crippen molar-refractivity contribution in [3.05, 3.63) is 0 Å². The van der Waals surface area contributed by atoms with Crippen LogP contribution < -0.4 is 0 Å². The van der Waals surface area contributed by atoms with Gasteiger partial charge in [0.2, 0.25) is 10.0 Å². The second-order valence-electron chi connectivity index (χ2n) is 6.35. The highest BCUT2D eigenvalue weighted by Crippen LogP contribution is 2.22. The molecule has 0 radical (unpaired) electrons. The van der Waals surface area contributed by atoms with Crippen molar-refractivity contribution < 1.29 is 8.42 Å². The zero-order valence-corrected chi connectivity index (χ0v) is 13.9. The Morgan fingerprint density at radius 1 is 1.10 bits per heavy atom. The number of rotatable bonds is 4. The first kappa shape index (κ1) is 16.2. The number of piperidine rings is 1. The Bertz CT molecular complexity index is 405. The average Bonchev–Trinajstić information content (AvgIpc) is 2.42. The quantitative estimate of drug-likeness (QED) is 0.766. The molecule has 0 aromatic rings. The van der Waals surface area contributed by atoms with E-state index in [9.17, 15) is 8.42 Å². The Balaban J connectivity index is 1.80. The summed E-state index contributed by atoms with van der Waals surface area (Å²) in [6.07, 6.45) is 2.02. The van der Waals surface area contributed by atoms with Gasteiger partial charge < -0.3 is 4.90 Å². The van der Waals surface area contributed by atoms with Crippen LogP contribution in [-0.4, -0.2) is 80.6 Å². The molecule has 2 fully saturated rings. The van der Waals surface area contributed by atoms with Gasteiger partial charge in [-0.05, 0) is 39.7 Å². The summed E-state index contributed by atoms with van der Waals surface area (Å²) in [5.41, 5.74) is 0. The van der Waals surface area contributed by atoms with E-state index in [1.54, 1.807) is 11.2 Å². The van der Waals surface area contributed by atoms with Gasteiger partial charge in [0.05, 0.1) is 5.75 Å². The molecule has 0 unspecified atom stereocenters. The van der Waals surface area contributed by atoms with E-state index in [-0.39, 0.29) is 5.75 Å². The summed E-state index contributed by atoms with van der Waals surface area (Å²) in [5, 5.41) is 0. The topological polar surface area (TPSA) is 43.9 Å². The van der Waals surface area contributed by atoms with Crippen molar-refractivity contribution in [1.29, 1.82) is 0 Å². The maximum absolute atomic E-state index is 11.8. The maximum Gasteiger partial charge on any atom is 0.213 e. The minimum Gasteiger partial charge on any atom is -0.304 e. The maximum atomic E-state index is 11.8. The van der Waals surface area contributed by atoms with Crippen molar-refractivity contribution in [1.82, 2.24) is 14.1 Å². The molecule has 0 aromatic heterocycles. The fourth-order valence-electron chi connectivity index (χ4n) is 3.33. The molecule has 0 N–H and O–H groups in total. The van der Waals surface area contributed by atoms with Crippen molar-refractivity contribution in [2.75, 3.05) is 52.1 Å². The van der Waals surface area contributed by atoms with Crippen LogP contribution in [0.15, 0.2) is 0 Å². The highest BCUT2D eigenvalue weighted by molar-refractivity contribution is 7.89. The third kappa shape index (κ3) is 3.93. The largest absolute Gasteiger partial charge is 0.304 e. The molecule has 2 aliphatic rings. The van der Waals surface area contributed by atoms with E-state index < -0.39 is 10.0 Å². The standard InChI is InChI=1S/C14H29N3O2S/c1-4-20(18,19)17-7-5-14(6-8-17)12-16-10-9-15(3)11-13(16)2/h13-14H,4-12H2,1-3H3/t13-/m0/s1. The van der Waals surface area contributed by atoms with Crippen molar-refractivity contribution in [2.45, 2.75) is 32.7 Å². The Kier molecular flexibility index (Phi) is 5.45. The summed E-state index contributed by atoms with van der Waals surface area (Å²) in [4.78, 5) is 4.96. The molecule has 5 nitrogen and oxygen atoms in total. The lowest BCUT2D eigenvalue weighted by molar-refractivity contribution is 0.0750. The van der Waals surface area contributed by atoms with E-state index in [0.29, 0.717) is 25.0 Å². The second-order valence-corrected chi connectivity index (χ2v) is 8.61. The van der Waals surface area contributed by atoms with Gasteiger partial charge >= 0.3 is 0 Å². The van der Waals surface area contributed by atoms with Gasteiger partial charge in [-0.1, -0.05) is 0 Å². The van der Waals surface area contributed by atoms with Gasteiger partial charge in [-0.2, -0.15) is 0 Å². The number of hydrogen-bond acceptors (Lipinski definition) is 4. The number of sulfonamides is 1. The molecular weight excluding hydrogens is 274 g/mol. The third-order valence-electron chi connectivity index (χ3n) is 4.79. The fraction of sp³-hybridized carbons (Fsp3) is 1.00. The molecule has 6 heteroatoms. The molecule has 0 aliphatic carbocycles. The van der Waals surface area contributed by atoms with Crippen LogP contribution >= 0.6 is 0 Å². The lowest BCUT2D eigenvalue weighted by atomic mass is 9.96. The van der Waals surface area contributed by atoms with Gasteiger partial charge in [-0.3, -0.25) is 4.90 Å². The van der Waals surface area contributed by atoms with Crippen LogP contribution in [0.1, 0.15) is 26.7 Å². The van der Waals surface area contributed by atoms with Crippen molar-refractivity contribution >= 4 is 10.0 Å². The van der Waals surface area contributed by atoms with Crippen LogP contribution in [0, 0.1) is 5.92 Å². The first-order valence-electron chi connectivity index (χ1n) is 7.82. The first-order chi connectivity index (χ1) is 9.42. The fourth-order valence-corrected chi connectivity index (χ4v) is 4.47. The summed E-state index contributed by atoms with van der Waals surface area (Å²) < 4.78 is 25.4. The summed E-state index contributed by atoms with van der Waals surface area (Å²) in [6.45, 7) is 10.0. The van der Waals surface area contributed by atoms with Gasteiger partial charge in [0.25, 0.3) is 0 Å². The molecule has 2 saturated heterocycles. The Hall–Kier alpha value is -0.170. The highest BCUT2D eigenvalue weighted by atomic mass is 32.2. The number of nitrogens with zero attached hydrogens (tertiary/aromatic N) is 3. The number of likely N-dealkylation sites (N-methyl/N-ethyl adjacent to an activating group) is 1. The monoisotopic (exact) mass is 303 g/mol. The Morgan fingerprint density at radius 3 is 2.30 bits per heavy atom. The van der Waals surface area contributed by atoms with Gasteiger partial charge in [-0.25, -0.2) is 12.7 Å². The molecule has 0 spiro atoms. The molecule has 0 bridgehead atoms. The summed E-state index contributed by atoms with van der Waals surface area (Å²) in [7, 11) is -0.800. The average molecular weight is 303 g/mol. The Morgan fingerprint density at radius 2 is 1.75 bits per heavy atom. The summed E-state index contributed by atoms with van der Waals surface area (Å²) in [6, 6.07) is 0.617. The van der Waals surface area contributed by atoms with E-state index in [0.717, 1.165) is 39.0 Å². The molecule has 1 atom stereocenters. The zero-order valence-electron chi connectivity index (χ0n) is 13.1. The molecule has 2 rings (SSSR count). The van der Waals surface area contributed by atoms with Crippen LogP contribution in [0.4, 0.5) is 0 Å². The lowest BCUT2D eigenvalue weighted by Gasteiger charge is -2.41. The predicted octanol–water partition coefficient (Wildman–Crippen LogP) is 0.684. The molecule has 0 saturated carbocycles. The van der Waals surface area contributed by atoms with Gasteiger partial charge in [0, 0.05) is 45.3 Å². The van der Waals surface area contributed by atoms with Gasteiger partial charge in [0.15, 0.2) is 0 Å². The van der Waals surface area contributed by atoms with Crippen LogP contribution in [0.5, 0.6) is 0 Å². The normalized spacial score (nSPS) is 28.9. The molecule has 0 aromatic carbocycles. The molecule has 20 heavy (non-hydrogen) atoms. The predicted molar refractivity (Wildman–Crippen MR) is 82.3 cm³/mol. The second kappa shape index (κ2) is 6.73. The minimum absolute atomic E-state index is 0.229. The minimum atomic E-state index is -2.98. The van der Waals surface area contributed by atoms with E-state index in [1.807, 2.05) is 0 Å². The Labute approximate surface area is 124 Å². The van der Waals surface area contributed by atoms with E-state index in [1.165, 1.54) is 0 Å². The van der Waals surface area contributed by atoms with Crippen LogP contribution in [0.25, 0.3) is 0 Å². The molecule has 0 amide bonds. The molecule has 2 aliphatic heterocycles. The van der Waals surface area contributed by atoms with Crippen molar-refractivity contribution in [2.24, 2.45) is 5.92 Å². The number of hydrogen-bond donors (Lipinski definition) is 0. The van der Waals surface area contributed by atoms with E-state index >= 15 is 0 Å². The van der Waals surface area contributed by atoms with Crippen molar-refractivity contribution in [3.8, 4) is 0 Å². The summed E-state index contributed by atoms with van der Waals surface area (Å²) >= 11 is 0. The SMILES string of the molecule is CCS(=O)(=O)N1CCC(CN2CCN(C)C[C@@H]2C)CC1. The third-order valence-corrected chi connectivity index (χ3v) is 6.67. The first-order valence-corrected chi connectivity index (χ1v) is 9.43. The van der Waals surface area contributed by atoms with Crippen molar-refractivity contribution in [3.63, 3.8) is 0 Å². The molecule has 2 heterocycles. The van der Waals surface area contributed by atoms with Crippen LogP contribution in [0.3, 0.4) is 0 Å². The number of piperazine rings is 1. The van der Waals surface area contributed by atoms with Crippen LogP contribution in [0.2, 0.25) is 0 Å². The van der Waals surface area contributed by atoms with Crippen LogP contribution in [-0.2, 0) is 10.0 Å². The van der Waals surface area contributed by atoms with E-state index in [4.69, 9.17) is 0 Å². The zero-order chi connectivity index (χ0) is 14.8. The highest BCUT2D eigenvalue weighted by Gasteiger charge is 2.29. The smallest absolute Gasteiger partial charge is 0.213 e. The molecule has 118 valence electrons. The van der Waals surface area contributed by atoms with E-state index in [2.05, 4.69) is 23.8 Å². The molecular formula is C14H29N3O2S. The van der Waals surface area contributed by atoms with Gasteiger partial charge in [0.1, 0.15) is 0 Å². The summed E-state index contributed by atoms with van der Waals surface area (Å²) in [5.74, 6) is 0.886. The lowest BCUT2D eigenvalue weighted by Crippen LogP contribution is -2.52. The van der Waals surface area contributed by atoms with Gasteiger partial charge in [-0.15, -0.1) is 0 Å².